The van der Waals surface area contributed by atoms with Gasteiger partial charge in [-0.1, -0.05) is 30.3 Å². The van der Waals surface area contributed by atoms with Crippen LogP contribution in [0, 0.1) is 0 Å². The molecule has 0 radical (unpaired) electrons. The van der Waals surface area contributed by atoms with Crippen LogP contribution in [0.15, 0.2) is 65.2 Å². The summed E-state index contributed by atoms with van der Waals surface area (Å²) in [5, 5.41) is 2.88. The Hall–Kier alpha value is -3.08. The van der Waals surface area contributed by atoms with E-state index in [-0.39, 0.29) is 5.91 Å². The molecule has 1 N–H and O–H groups in total. The minimum atomic E-state index is -0.0241. The number of aryl methyl sites for hydroxylation is 1. The number of carbonyl (C=O) groups is 1. The number of amides is 1. The molecule has 5 nitrogen and oxygen atoms in total. The molecule has 0 fully saturated rings. The van der Waals surface area contributed by atoms with Crippen molar-refractivity contribution in [2.75, 3.05) is 11.9 Å². The number of rotatable bonds is 8. The van der Waals surface area contributed by atoms with Crippen molar-refractivity contribution in [3.05, 3.63) is 66.7 Å². The van der Waals surface area contributed by atoms with Crippen LogP contribution in [0.5, 0.6) is 5.75 Å². The van der Waals surface area contributed by atoms with E-state index in [4.69, 9.17) is 9.15 Å². The second kappa shape index (κ2) is 8.85. The molecule has 2 aromatic carbocycles. The number of ether oxygens (including phenoxy) is 1. The van der Waals surface area contributed by atoms with Gasteiger partial charge in [0.15, 0.2) is 11.7 Å². The van der Waals surface area contributed by atoms with Gasteiger partial charge in [-0.2, -0.15) is 0 Å². The van der Waals surface area contributed by atoms with E-state index < -0.39 is 0 Å². The average molecular weight is 350 g/mol. The number of nitrogens with one attached hydrogen (secondary N) is 1. The highest BCUT2D eigenvalue weighted by atomic mass is 16.5. The molecular formula is C21H22N2O3. The Balaban J connectivity index is 1.44. The Bertz CT molecular complexity index is 826. The van der Waals surface area contributed by atoms with Gasteiger partial charge in [0.2, 0.25) is 5.91 Å². The molecule has 0 aliphatic rings. The topological polar surface area (TPSA) is 64.4 Å². The van der Waals surface area contributed by atoms with Crippen molar-refractivity contribution >= 4 is 11.6 Å². The average Bonchev–Trinajstić information content (AvgIpc) is 3.13. The number of aromatic nitrogens is 1. The molecule has 3 rings (SSSR count). The number of carbonyl (C=O) groups excluding carboxylic acids is 1. The van der Waals surface area contributed by atoms with Gasteiger partial charge in [0, 0.05) is 24.1 Å². The van der Waals surface area contributed by atoms with Gasteiger partial charge in [-0.15, -0.1) is 0 Å². The predicted octanol–water partition coefficient (Wildman–Crippen LogP) is 4.70. The zero-order chi connectivity index (χ0) is 18.2. The third kappa shape index (κ3) is 4.96. The number of benzene rings is 2. The Kier molecular flexibility index (Phi) is 6.04. The van der Waals surface area contributed by atoms with E-state index >= 15 is 0 Å². The third-order valence-electron chi connectivity index (χ3n) is 3.86. The molecular weight excluding hydrogens is 328 g/mol. The Morgan fingerprint density at radius 3 is 2.62 bits per heavy atom. The van der Waals surface area contributed by atoms with Crippen LogP contribution in [0.2, 0.25) is 0 Å². The lowest BCUT2D eigenvalue weighted by molar-refractivity contribution is -0.116. The first-order valence-corrected chi connectivity index (χ1v) is 8.77. The number of nitrogens with zero attached hydrogens (tertiary/aromatic N) is 1. The van der Waals surface area contributed by atoms with Crippen molar-refractivity contribution in [1.29, 1.82) is 0 Å². The fourth-order valence-electron chi connectivity index (χ4n) is 2.59. The Morgan fingerprint density at radius 2 is 1.88 bits per heavy atom. The maximum absolute atomic E-state index is 12.0. The molecule has 1 heterocycles. The van der Waals surface area contributed by atoms with Crippen LogP contribution in [-0.2, 0) is 11.2 Å². The minimum Gasteiger partial charge on any atom is -0.494 e. The lowest BCUT2D eigenvalue weighted by Gasteiger charge is -2.06. The lowest BCUT2D eigenvalue weighted by atomic mass is 10.2. The monoisotopic (exact) mass is 350 g/mol. The summed E-state index contributed by atoms with van der Waals surface area (Å²) < 4.78 is 11.1. The first kappa shape index (κ1) is 17.7. The third-order valence-corrected chi connectivity index (χ3v) is 3.86. The highest BCUT2D eigenvalue weighted by Gasteiger charge is 2.08. The van der Waals surface area contributed by atoms with Crippen LogP contribution in [-0.4, -0.2) is 17.5 Å². The fourth-order valence-corrected chi connectivity index (χ4v) is 2.59. The predicted molar refractivity (Wildman–Crippen MR) is 101 cm³/mol. The van der Waals surface area contributed by atoms with Crippen molar-refractivity contribution in [3.63, 3.8) is 0 Å². The molecule has 1 aromatic heterocycles. The van der Waals surface area contributed by atoms with Gasteiger partial charge in [-0.05, 0) is 37.6 Å². The van der Waals surface area contributed by atoms with Crippen LogP contribution in [0.4, 0.5) is 5.69 Å². The molecule has 0 aliphatic heterocycles. The van der Waals surface area contributed by atoms with Crippen molar-refractivity contribution in [2.24, 2.45) is 0 Å². The van der Waals surface area contributed by atoms with E-state index in [1.807, 2.05) is 61.5 Å². The largest absolute Gasteiger partial charge is 0.494 e. The highest BCUT2D eigenvalue weighted by Crippen LogP contribution is 2.20. The first-order valence-electron chi connectivity index (χ1n) is 8.77. The summed E-state index contributed by atoms with van der Waals surface area (Å²) in [6.07, 6.45) is 3.45. The zero-order valence-corrected chi connectivity index (χ0v) is 14.8. The number of oxazole rings is 1. The second-order valence-electron chi connectivity index (χ2n) is 5.84. The van der Waals surface area contributed by atoms with Crippen LogP contribution < -0.4 is 10.1 Å². The van der Waals surface area contributed by atoms with Gasteiger partial charge in [0.1, 0.15) is 5.75 Å². The summed E-state index contributed by atoms with van der Waals surface area (Å²) in [5.74, 6) is 2.17. The van der Waals surface area contributed by atoms with Gasteiger partial charge < -0.3 is 14.5 Å². The standard InChI is InChI=1S/C21H22N2O3/c1-2-25-18-13-11-17(12-14-18)23-20(24)9-6-10-21-22-15-19(26-21)16-7-4-3-5-8-16/h3-5,7-8,11-15H,2,6,9-10H2,1H3,(H,23,24). The summed E-state index contributed by atoms with van der Waals surface area (Å²) in [7, 11) is 0. The number of hydrogen-bond donors (Lipinski definition) is 1. The van der Waals surface area contributed by atoms with Crippen molar-refractivity contribution in [3.8, 4) is 17.1 Å². The summed E-state index contributed by atoms with van der Waals surface area (Å²) in [4.78, 5) is 16.3. The normalized spacial score (nSPS) is 10.5. The molecule has 1 amide bonds. The van der Waals surface area contributed by atoms with Crippen LogP contribution in [0.3, 0.4) is 0 Å². The lowest BCUT2D eigenvalue weighted by Crippen LogP contribution is -2.11. The smallest absolute Gasteiger partial charge is 0.224 e. The summed E-state index contributed by atoms with van der Waals surface area (Å²) >= 11 is 0. The van der Waals surface area contributed by atoms with Gasteiger partial charge in [-0.25, -0.2) is 4.98 Å². The van der Waals surface area contributed by atoms with E-state index in [9.17, 15) is 4.79 Å². The van der Waals surface area contributed by atoms with Crippen LogP contribution >= 0.6 is 0 Å². The molecule has 0 atom stereocenters. The summed E-state index contributed by atoms with van der Waals surface area (Å²) in [5.41, 5.74) is 1.76. The second-order valence-corrected chi connectivity index (χ2v) is 5.84. The zero-order valence-electron chi connectivity index (χ0n) is 14.8. The quantitative estimate of drug-likeness (QED) is 0.639. The number of hydrogen-bond acceptors (Lipinski definition) is 4. The van der Waals surface area contributed by atoms with Gasteiger partial charge in [-0.3, -0.25) is 4.79 Å². The van der Waals surface area contributed by atoms with E-state index in [0.717, 1.165) is 22.8 Å². The minimum absolute atomic E-state index is 0.0241. The van der Waals surface area contributed by atoms with Crippen molar-refractivity contribution in [2.45, 2.75) is 26.2 Å². The first-order chi connectivity index (χ1) is 12.7. The van der Waals surface area contributed by atoms with Gasteiger partial charge in [0.05, 0.1) is 12.8 Å². The highest BCUT2D eigenvalue weighted by molar-refractivity contribution is 5.90. The molecule has 0 spiro atoms. The molecule has 0 aliphatic carbocycles. The van der Waals surface area contributed by atoms with E-state index in [2.05, 4.69) is 10.3 Å². The fraction of sp³-hybridized carbons (Fsp3) is 0.238. The molecule has 134 valence electrons. The Labute approximate surface area is 153 Å². The van der Waals surface area contributed by atoms with Crippen molar-refractivity contribution < 1.29 is 13.9 Å². The summed E-state index contributed by atoms with van der Waals surface area (Å²) in [6.45, 7) is 2.56. The van der Waals surface area contributed by atoms with Crippen LogP contribution in [0.1, 0.15) is 25.7 Å². The van der Waals surface area contributed by atoms with E-state index in [0.29, 0.717) is 31.8 Å². The molecule has 0 bridgehead atoms. The van der Waals surface area contributed by atoms with Crippen molar-refractivity contribution in [1.82, 2.24) is 4.98 Å². The molecule has 0 saturated carbocycles. The van der Waals surface area contributed by atoms with E-state index in [1.54, 1.807) is 6.20 Å². The molecule has 0 unspecified atom stereocenters. The maximum atomic E-state index is 12.0. The number of anilines is 1. The molecule has 26 heavy (non-hydrogen) atoms. The summed E-state index contributed by atoms with van der Waals surface area (Å²) in [6, 6.07) is 17.2. The van der Waals surface area contributed by atoms with E-state index in [1.165, 1.54) is 0 Å². The SMILES string of the molecule is CCOc1ccc(NC(=O)CCCc2ncc(-c3ccccc3)o2)cc1. The Morgan fingerprint density at radius 1 is 1.12 bits per heavy atom. The van der Waals surface area contributed by atoms with Crippen LogP contribution in [0.25, 0.3) is 11.3 Å². The van der Waals surface area contributed by atoms with Gasteiger partial charge in [0.25, 0.3) is 0 Å². The molecule has 5 heteroatoms. The maximum Gasteiger partial charge on any atom is 0.224 e. The molecule has 0 saturated heterocycles. The van der Waals surface area contributed by atoms with Gasteiger partial charge >= 0.3 is 0 Å². The molecule has 3 aromatic rings.